The summed E-state index contributed by atoms with van der Waals surface area (Å²) in [5.74, 6) is -6.30. The molecule has 16 heteroatoms. The largest absolute Gasteiger partial charge is 0.480 e. The highest BCUT2D eigenvalue weighted by Gasteiger charge is 2.44. The van der Waals surface area contributed by atoms with Gasteiger partial charge >= 0.3 is 5.97 Å². The van der Waals surface area contributed by atoms with Gasteiger partial charge in [-0.3, -0.25) is 39.0 Å². The molecule has 0 aromatic heterocycles. The van der Waals surface area contributed by atoms with Crippen LogP contribution < -0.4 is 26.6 Å². The van der Waals surface area contributed by atoms with Crippen LogP contribution in [0.5, 0.6) is 0 Å². The molecule has 1 unspecified atom stereocenters. The van der Waals surface area contributed by atoms with Crippen LogP contribution in [0.3, 0.4) is 0 Å². The molecular formula is C35H40N6O10. The second kappa shape index (κ2) is 17.0. The van der Waals surface area contributed by atoms with E-state index >= 15 is 0 Å². The van der Waals surface area contributed by atoms with E-state index in [1.165, 1.54) is 31.2 Å². The van der Waals surface area contributed by atoms with Gasteiger partial charge in [0.15, 0.2) is 5.60 Å². The van der Waals surface area contributed by atoms with E-state index < -0.39 is 87.6 Å². The lowest BCUT2D eigenvalue weighted by Gasteiger charge is -2.36. The Morgan fingerprint density at radius 1 is 0.902 bits per heavy atom. The Balaban J connectivity index is 1.99. The summed E-state index contributed by atoms with van der Waals surface area (Å²) in [6, 6.07) is 13.9. The molecule has 0 aliphatic rings. The smallest absolute Gasteiger partial charge is 0.326 e. The van der Waals surface area contributed by atoms with E-state index in [4.69, 9.17) is 5.73 Å². The number of aliphatic carboxylic acids is 1. The van der Waals surface area contributed by atoms with Crippen molar-refractivity contribution in [2.75, 3.05) is 11.4 Å². The van der Waals surface area contributed by atoms with Crippen molar-refractivity contribution in [1.82, 2.24) is 16.0 Å². The van der Waals surface area contributed by atoms with Gasteiger partial charge in [-0.15, -0.1) is 0 Å². The molecule has 3 rings (SSSR count). The molecule has 0 radical (unpaired) electrons. The zero-order chi connectivity index (χ0) is 38.0. The normalized spacial score (nSPS) is 13.8. The third-order valence-electron chi connectivity index (χ3n) is 7.91. The molecule has 3 aromatic rings. The van der Waals surface area contributed by atoms with Gasteiger partial charge in [-0.1, -0.05) is 62.4 Å². The number of nitrogens with two attached hydrogens (primary N) is 1. The number of hydrogen-bond acceptors (Lipinski definition) is 9. The van der Waals surface area contributed by atoms with E-state index in [2.05, 4.69) is 16.0 Å². The van der Waals surface area contributed by atoms with E-state index in [9.17, 15) is 49.1 Å². The van der Waals surface area contributed by atoms with Crippen molar-refractivity contribution in [2.24, 2.45) is 11.7 Å². The SMILES string of the molecule is CC(C)C[C@H](NC(=O)CNC(=O)[C@H](C)NC(=O)c1ccccc1)C(=O)N(c1cc([N+](=O)[O-])ccc1C(O)(C(N)=O)c1ccccc1)[C@@H](C)C(=O)O. The van der Waals surface area contributed by atoms with Crippen molar-refractivity contribution in [3.8, 4) is 0 Å². The molecule has 51 heavy (non-hydrogen) atoms. The standard InChI is InChI=1S/C35H40N6O10/c1-20(2)17-27(39-29(42)19-37-30(43)21(3)38-31(44)23-11-7-5-8-12-23)32(45)40(22(4)33(46)47)28-18-25(41(50)51)15-16-26(28)35(49,34(36)48)24-13-9-6-10-14-24/h5-16,18,20-22,27,49H,17,19H2,1-4H3,(H2,36,48)(H,37,43)(H,38,44)(H,39,42)(H,46,47)/t21-,22-,27-,35?/m0/s1. The van der Waals surface area contributed by atoms with Crippen molar-refractivity contribution in [3.05, 3.63) is 106 Å². The second-order valence-corrected chi connectivity index (χ2v) is 12.2. The number of carbonyl (C=O) groups is 6. The van der Waals surface area contributed by atoms with Gasteiger partial charge in [0, 0.05) is 23.3 Å². The highest BCUT2D eigenvalue weighted by atomic mass is 16.6. The number of rotatable bonds is 16. The number of amides is 5. The molecule has 16 nitrogen and oxygen atoms in total. The minimum absolute atomic E-state index is 0.0616. The Labute approximate surface area is 293 Å². The number of primary amides is 1. The quantitative estimate of drug-likeness (QED) is 0.0928. The van der Waals surface area contributed by atoms with Crippen LogP contribution in [0.2, 0.25) is 0 Å². The molecule has 0 heterocycles. The van der Waals surface area contributed by atoms with E-state index in [0.717, 1.165) is 25.1 Å². The van der Waals surface area contributed by atoms with Crippen LogP contribution in [0, 0.1) is 16.0 Å². The zero-order valence-electron chi connectivity index (χ0n) is 28.4. The number of non-ortho nitro benzene ring substituents is 1. The Kier molecular flexibility index (Phi) is 13.1. The minimum Gasteiger partial charge on any atom is -0.480 e. The van der Waals surface area contributed by atoms with Crippen LogP contribution in [0.4, 0.5) is 11.4 Å². The molecule has 0 saturated heterocycles. The van der Waals surface area contributed by atoms with Gasteiger partial charge in [-0.2, -0.15) is 0 Å². The molecular weight excluding hydrogens is 664 g/mol. The van der Waals surface area contributed by atoms with Crippen molar-refractivity contribution in [2.45, 2.75) is 57.8 Å². The van der Waals surface area contributed by atoms with E-state index in [1.54, 1.807) is 50.2 Å². The van der Waals surface area contributed by atoms with Gasteiger partial charge in [-0.25, -0.2) is 4.79 Å². The topological polar surface area (TPSA) is 251 Å². The molecule has 0 aliphatic carbocycles. The van der Waals surface area contributed by atoms with Crippen LogP contribution in [-0.2, 0) is 29.6 Å². The van der Waals surface area contributed by atoms with Crippen molar-refractivity contribution in [1.29, 1.82) is 0 Å². The summed E-state index contributed by atoms with van der Waals surface area (Å²) in [6.45, 7) is 5.31. The first-order valence-electron chi connectivity index (χ1n) is 15.8. The van der Waals surface area contributed by atoms with Gasteiger partial charge in [0.25, 0.3) is 17.5 Å². The van der Waals surface area contributed by atoms with Crippen LogP contribution in [-0.4, -0.2) is 75.3 Å². The zero-order valence-corrected chi connectivity index (χ0v) is 28.4. The van der Waals surface area contributed by atoms with Crippen LogP contribution in [0.25, 0.3) is 0 Å². The molecule has 0 fully saturated rings. The average molecular weight is 705 g/mol. The van der Waals surface area contributed by atoms with E-state index in [1.807, 2.05) is 0 Å². The molecule has 5 amide bonds. The number of nitro benzene ring substituents is 1. The summed E-state index contributed by atoms with van der Waals surface area (Å²) in [5.41, 5.74) is 1.67. The lowest BCUT2D eigenvalue weighted by molar-refractivity contribution is -0.384. The number of anilines is 1. The molecule has 270 valence electrons. The van der Waals surface area contributed by atoms with Crippen LogP contribution >= 0.6 is 0 Å². The summed E-state index contributed by atoms with van der Waals surface area (Å²) < 4.78 is 0. The molecule has 0 bridgehead atoms. The lowest BCUT2D eigenvalue weighted by Crippen LogP contribution is -2.56. The third kappa shape index (κ3) is 9.51. The number of carbonyl (C=O) groups excluding carboxylic acids is 5. The van der Waals surface area contributed by atoms with Crippen molar-refractivity contribution in [3.63, 3.8) is 0 Å². The van der Waals surface area contributed by atoms with Gasteiger partial charge < -0.3 is 31.9 Å². The number of nitrogens with zero attached hydrogens (tertiary/aromatic N) is 2. The summed E-state index contributed by atoms with van der Waals surface area (Å²) >= 11 is 0. The van der Waals surface area contributed by atoms with Gasteiger partial charge in [0.05, 0.1) is 17.2 Å². The first-order chi connectivity index (χ1) is 24.0. The van der Waals surface area contributed by atoms with Crippen LogP contribution in [0.15, 0.2) is 78.9 Å². The van der Waals surface area contributed by atoms with Crippen molar-refractivity contribution < 1.29 is 43.9 Å². The molecule has 0 spiro atoms. The Bertz CT molecular complexity index is 1790. The first kappa shape index (κ1) is 39.3. The molecule has 0 aliphatic heterocycles. The maximum Gasteiger partial charge on any atom is 0.326 e. The maximum absolute atomic E-state index is 14.4. The fourth-order valence-corrected chi connectivity index (χ4v) is 5.24. The molecule has 0 saturated carbocycles. The summed E-state index contributed by atoms with van der Waals surface area (Å²) in [7, 11) is 0. The fourth-order valence-electron chi connectivity index (χ4n) is 5.24. The molecule has 4 atom stereocenters. The van der Waals surface area contributed by atoms with Gasteiger partial charge in [0.2, 0.25) is 17.7 Å². The minimum atomic E-state index is -2.70. The summed E-state index contributed by atoms with van der Waals surface area (Å²) in [4.78, 5) is 89.7. The average Bonchev–Trinajstić information content (AvgIpc) is 3.10. The molecule has 7 N–H and O–H groups in total. The highest BCUT2D eigenvalue weighted by molar-refractivity contribution is 6.05. The Morgan fingerprint density at radius 3 is 2.02 bits per heavy atom. The lowest BCUT2D eigenvalue weighted by atomic mass is 9.83. The Morgan fingerprint density at radius 2 is 1.49 bits per heavy atom. The van der Waals surface area contributed by atoms with E-state index in [-0.39, 0.29) is 17.9 Å². The van der Waals surface area contributed by atoms with Crippen molar-refractivity contribution >= 4 is 46.9 Å². The van der Waals surface area contributed by atoms with Crippen LogP contribution in [0.1, 0.15) is 55.6 Å². The fraction of sp³-hybridized carbons (Fsp3) is 0.314. The predicted molar refractivity (Wildman–Crippen MR) is 184 cm³/mol. The number of aliphatic hydroxyl groups is 1. The number of carboxylic acids is 1. The number of carboxylic acid groups (broad SMARTS) is 1. The third-order valence-corrected chi connectivity index (χ3v) is 7.91. The summed E-state index contributed by atoms with van der Waals surface area (Å²) in [6.07, 6.45) is -0.0616. The predicted octanol–water partition coefficient (Wildman–Crippen LogP) is 1.59. The number of nitro groups is 1. The van der Waals surface area contributed by atoms with Gasteiger partial charge in [-0.05, 0) is 49.9 Å². The monoisotopic (exact) mass is 704 g/mol. The highest BCUT2D eigenvalue weighted by Crippen LogP contribution is 2.39. The molecule has 3 aromatic carbocycles. The number of benzene rings is 3. The first-order valence-corrected chi connectivity index (χ1v) is 15.8. The van der Waals surface area contributed by atoms with Gasteiger partial charge in [0.1, 0.15) is 18.1 Å². The number of nitrogens with one attached hydrogen (secondary N) is 3. The van der Waals surface area contributed by atoms with E-state index in [0.29, 0.717) is 10.5 Å². The maximum atomic E-state index is 14.4. The number of hydrogen-bond donors (Lipinski definition) is 6. The summed E-state index contributed by atoms with van der Waals surface area (Å²) in [5, 5.41) is 41.2. The Hall–Kier alpha value is -6.16. The second-order valence-electron chi connectivity index (χ2n) is 12.2.